The molecule has 8 nitrogen and oxygen atoms in total. The SMILES string of the molecule is COc1ccc(N2C(=O)C(Cl)=C(Nc3cccc(C(=O)Nc4ccccc4C(C)C)c3)C2=O)c(OC)c1. The molecular formula is C28H26ClN3O5. The molecule has 0 saturated carbocycles. The number of ether oxygens (including phenoxy) is 2. The van der Waals surface area contributed by atoms with Crippen LogP contribution in [-0.2, 0) is 9.59 Å². The standard InChI is InChI=1S/C28H26ClN3O5/c1-16(2)20-10-5-6-11-21(20)31-26(33)17-8-7-9-18(14-17)30-25-24(29)27(34)32(28(25)35)22-13-12-19(36-3)15-23(22)37-4/h5-16,30H,1-4H3,(H,31,33). The van der Waals surface area contributed by atoms with Crippen molar-refractivity contribution in [3.05, 3.63) is 88.6 Å². The van der Waals surface area contributed by atoms with Gasteiger partial charge in [-0.3, -0.25) is 14.4 Å². The monoisotopic (exact) mass is 519 g/mol. The molecule has 3 aromatic carbocycles. The lowest BCUT2D eigenvalue weighted by molar-refractivity contribution is -0.120. The number of rotatable bonds is 8. The smallest absolute Gasteiger partial charge is 0.283 e. The number of nitrogens with one attached hydrogen (secondary N) is 2. The van der Waals surface area contributed by atoms with Crippen molar-refractivity contribution < 1.29 is 23.9 Å². The van der Waals surface area contributed by atoms with Gasteiger partial charge in [0.1, 0.15) is 22.2 Å². The van der Waals surface area contributed by atoms with Crippen molar-refractivity contribution in [3.63, 3.8) is 0 Å². The van der Waals surface area contributed by atoms with E-state index in [0.717, 1.165) is 16.2 Å². The third kappa shape index (κ3) is 5.15. The molecule has 2 N–H and O–H groups in total. The molecule has 1 aliphatic rings. The first-order valence-corrected chi connectivity index (χ1v) is 11.9. The third-order valence-electron chi connectivity index (χ3n) is 5.88. The summed E-state index contributed by atoms with van der Waals surface area (Å²) in [4.78, 5) is 40.1. The highest BCUT2D eigenvalue weighted by atomic mass is 35.5. The van der Waals surface area contributed by atoms with Gasteiger partial charge in [0.2, 0.25) is 0 Å². The van der Waals surface area contributed by atoms with Crippen LogP contribution in [0.5, 0.6) is 11.5 Å². The third-order valence-corrected chi connectivity index (χ3v) is 6.23. The Morgan fingerprint density at radius 3 is 2.38 bits per heavy atom. The number of carbonyl (C=O) groups excluding carboxylic acids is 3. The Hall–Kier alpha value is -4.30. The highest BCUT2D eigenvalue weighted by Gasteiger charge is 2.40. The normalized spacial score (nSPS) is 13.3. The van der Waals surface area contributed by atoms with E-state index < -0.39 is 11.8 Å². The number of imide groups is 1. The fourth-order valence-corrected chi connectivity index (χ4v) is 4.20. The van der Waals surface area contributed by atoms with E-state index >= 15 is 0 Å². The quantitative estimate of drug-likeness (QED) is 0.381. The summed E-state index contributed by atoms with van der Waals surface area (Å²) in [5.74, 6) is -0.654. The van der Waals surface area contributed by atoms with Crippen molar-refractivity contribution in [3.8, 4) is 11.5 Å². The van der Waals surface area contributed by atoms with Crippen LogP contribution in [0.1, 0.15) is 35.7 Å². The Morgan fingerprint density at radius 1 is 0.919 bits per heavy atom. The van der Waals surface area contributed by atoms with Crippen molar-refractivity contribution in [1.29, 1.82) is 0 Å². The molecule has 0 aromatic heterocycles. The molecule has 0 bridgehead atoms. The number of nitrogens with zero attached hydrogens (tertiary/aromatic N) is 1. The zero-order chi connectivity index (χ0) is 26.7. The van der Waals surface area contributed by atoms with Crippen LogP contribution in [0.2, 0.25) is 0 Å². The molecule has 0 radical (unpaired) electrons. The Bertz CT molecular complexity index is 1420. The van der Waals surface area contributed by atoms with E-state index in [1.165, 1.54) is 14.2 Å². The predicted molar refractivity (Wildman–Crippen MR) is 143 cm³/mol. The Labute approximate surface area is 219 Å². The second kappa shape index (κ2) is 10.8. The van der Waals surface area contributed by atoms with E-state index in [4.69, 9.17) is 21.1 Å². The van der Waals surface area contributed by atoms with Gasteiger partial charge in [0.25, 0.3) is 17.7 Å². The Morgan fingerprint density at radius 2 is 1.68 bits per heavy atom. The minimum Gasteiger partial charge on any atom is -0.497 e. The van der Waals surface area contributed by atoms with Crippen molar-refractivity contribution in [2.24, 2.45) is 0 Å². The highest BCUT2D eigenvalue weighted by Crippen LogP contribution is 2.37. The molecule has 3 amide bonds. The van der Waals surface area contributed by atoms with Gasteiger partial charge >= 0.3 is 0 Å². The van der Waals surface area contributed by atoms with Gasteiger partial charge < -0.3 is 20.1 Å². The molecule has 0 aliphatic carbocycles. The van der Waals surface area contributed by atoms with Crippen LogP contribution in [0.4, 0.5) is 17.1 Å². The number of halogens is 1. The summed E-state index contributed by atoms with van der Waals surface area (Å²) < 4.78 is 10.5. The van der Waals surface area contributed by atoms with Crippen LogP contribution >= 0.6 is 11.6 Å². The van der Waals surface area contributed by atoms with E-state index in [-0.39, 0.29) is 34.0 Å². The zero-order valence-electron chi connectivity index (χ0n) is 20.8. The molecule has 0 atom stereocenters. The summed E-state index contributed by atoms with van der Waals surface area (Å²) in [5, 5.41) is 5.58. The number of methoxy groups -OCH3 is 2. The summed E-state index contributed by atoms with van der Waals surface area (Å²) in [6.45, 7) is 4.11. The first kappa shape index (κ1) is 25.8. The minimum absolute atomic E-state index is 0.104. The summed E-state index contributed by atoms with van der Waals surface area (Å²) >= 11 is 6.29. The lowest BCUT2D eigenvalue weighted by atomic mass is 10.0. The number of amides is 3. The molecule has 0 unspecified atom stereocenters. The lowest BCUT2D eigenvalue weighted by Crippen LogP contribution is -2.32. The number of anilines is 3. The second-order valence-electron chi connectivity index (χ2n) is 8.57. The summed E-state index contributed by atoms with van der Waals surface area (Å²) in [6, 6.07) is 18.9. The Balaban J connectivity index is 1.57. The fourth-order valence-electron chi connectivity index (χ4n) is 3.99. The van der Waals surface area contributed by atoms with Crippen LogP contribution in [0.3, 0.4) is 0 Å². The van der Waals surface area contributed by atoms with Gasteiger partial charge in [0, 0.05) is 23.0 Å². The average Bonchev–Trinajstić information content (AvgIpc) is 3.11. The summed E-state index contributed by atoms with van der Waals surface area (Å²) in [7, 11) is 2.92. The van der Waals surface area contributed by atoms with Gasteiger partial charge in [0.05, 0.1) is 19.9 Å². The van der Waals surface area contributed by atoms with E-state index in [9.17, 15) is 14.4 Å². The maximum atomic E-state index is 13.2. The number of hydrogen-bond acceptors (Lipinski definition) is 6. The van der Waals surface area contributed by atoms with Gasteiger partial charge in [0.15, 0.2) is 0 Å². The fraction of sp³-hybridized carbons (Fsp3) is 0.179. The van der Waals surface area contributed by atoms with Crippen molar-refractivity contribution in [2.75, 3.05) is 29.8 Å². The molecule has 190 valence electrons. The molecule has 37 heavy (non-hydrogen) atoms. The minimum atomic E-state index is -0.697. The number of benzene rings is 3. The van der Waals surface area contributed by atoms with E-state index in [1.54, 1.807) is 42.5 Å². The molecular weight excluding hydrogens is 494 g/mol. The van der Waals surface area contributed by atoms with Gasteiger partial charge in [-0.2, -0.15) is 0 Å². The average molecular weight is 520 g/mol. The molecule has 9 heteroatoms. The maximum absolute atomic E-state index is 13.2. The van der Waals surface area contributed by atoms with Crippen LogP contribution < -0.4 is 25.0 Å². The number of para-hydroxylation sites is 1. The van der Waals surface area contributed by atoms with Crippen molar-refractivity contribution in [2.45, 2.75) is 19.8 Å². The molecule has 4 rings (SSSR count). The largest absolute Gasteiger partial charge is 0.497 e. The van der Waals surface area contributed by atoms with Gasteiger partial charge in [-0.15, -0.1) is 0 Å². The molecule has 1 heterocycles. The highest BCUT2D eigenvalue weighted by molar-refractivity contribution is 6.53. The van der Waals surface area contributed by atoms with Crippen LogP contribution in [-0.4, -0.2) is 31.9 Å². The summed E-state index contributed by atoms with van der Waals surface area (Å²) in [6.07, 6.45) is 0. The molecule has 0 fully saturated rings. The van der Waals surface area contributed by atoms with Gasteiger partial charge in [-0.05, 0) is 47.9 Å². The molecule has 0 saturated heterocycles. The topological polar surface area (TPSA) is 97.0 Å². The van der Waals surface area contributed by atoms with Crippen LogP contribution in [0, 0.1) is 0 Å². The summed E-state index contributed by atoms with van der Waals surface area (Å²) in [5.41, 5.74) is 2.66. The second-order valence-corrected chi connectivity index (χ2v) is 8.95. The maximum Gasteiger partial charge on any atom is 0.283 e. The molecule has 3 aromatic rings. The van der Waals surface area contributed by atoms with E-state index in [1.807, 2.05) is 24.3 Å². The van der Waals surface area contributed by atoms with Gasteiger partial charge in [-0.1, -0.05) is 49.7 Å². The lowest BCUT2D eigenvalue weighted by Gasteiger charge is -2.18. The first-order chi connectivity index (χ1) is 17.7. The predicted octanol–water partition coefficient (Wildman–Crippen LogP) is 5.52. The number of hydrogen-bond donors (Lipinski definition) is 2. The van der Waals surface area contributed by atoms with E-state index in [2.05, 4.69) is 24.5 Å². The molecule has 1 aliphatic heterocycles. The Kier molecular flexibility index (Phi) is 7.50. The van der Waals surface area contributed by atoms with E-state index in [0.29, 0.717) is 17.0 Å². The molecule has 0 spiro atoms. The zero-order valence-corrected chi connectivity index (χ0v) is 21.6. The van der Waals surface area contributed by atoms with Crippen LogP contribution in [0.25, 0.3) is 0 Å². The van der Waals surface area contributed by atoms with Gasteiger partial charge in [-0.25, -0.2) is 4.90 Å². The number of carbonyl (C=O) groups is 3. The first-order valence-electron chi connectivity index (χ1n) is 11.5. The van der Waals surface area contributed by atoms with Crippen molar-refractivity contribution >= 4 is 46.4 Å². The van der Waals surface area contributed by atoms with Crippen molar-refractivity contribution in [1.82, 2.24) is 0 Å². The van der Waals surface area contributed by atoms with Crippen LogP contribution in [0.15, 0.2) is 77.5 Å².